The highest BCUT2D eigenvalue weighted by atomic mass is 16.3. The van der Waals surface area contributed by atoms with Gasteiger partial charge in [0.15, 0.2) is 5.82 Å². The maximum Gasteiger partial charge on any atom is 0.168 e. The van der Waals surface area contributed by atoms with Crippen LogP contribution in [0.5, 0.6) is 5.75 Å². The Morgan fingerprint density at radius 1 is 1.28 bits per heavy atom. The average molecular weight is 244 g/mol. The number of para-hydroxylation sites is 1. The molecule has 0 aliphatic carbocycles. The third-order valence-electron chi connectivity index (χ3n) is 3.32. The summed E-state index contributed by atoms with van der Waals surface area (Å²) in [5.41, 5.74) is 0.626. The van der Waals surface area contributed by atoms with E-state index >= 15 is 0 Å². The maximum absolute atomic E-state index is 9.96. The molecule has 0 fully saturated rings. The van der Waals surface area contributed by atoms with Crippen molar-refractivity contribution in [2.75, 3.05) is 6.54 Å². The zero-order valence-electron chi connectivity index (χ0n) is 10.5. The Morgan fingerprint density at radius 3 is 2.83 bits per heavy atom. The van der Waals surface area contributed by atoms with Gasteiger partial charge in [0.1, 0.15) is 11.6 Å². The molecule has 2 heterocycles. The smallest absolute Gasteiger partial charge is 0.168 e. The van der Waals surface area contributed by atoms with Crippen molar-refractivity contribution in [3.05, 3.63) is 30.1 Å². The number of nitrogens with zero attached hydrogens (tertiary/aromatic N) is 3. The minimum atomic E-state index is -0.102. The highest BCUT2D eigenvalue weighted by Gasteiger charge is 2.31. The number of phenolic OH excluding ortho intramolecular Hbond substituents is 1. The van der Waals surface area contributed by atoms with Gasteiger partial charge in [0.25, 0.3) is 0 Å². The van der Waals surface area contributed by atoms with Crippen molar-refractivity contribution < 1.29 is 5.11 Å². The second-order valence-corrected chi connectivity index (χ2v) is 5.21. The number of hydrogen-bond acceptors (Lipinski definition) is 4. The zero-order chi connectivity index (χ0) is 12.8. The van der Waals surface area contributed by atoms with Crippen LogP contribution < -0.4 is 5.32 Å². The van der Waals surface area contributed by atoms with Gasteiger partial charge in [0, 0.05) is 6.54 Å². The summed E-state index contributed by atoms with van der Waals surface area (Å²) in [6.45, 7) is 5.84. The summed E-state index contributed by atoms with van der Waals surface area (Å²) < 4.78 is 2.11. The van der Waals surface area contributed by atoms with E-state index in [0.717, 1.165) is 23.8 Å². The molecule has 5 nitrogen and oxygen atoms in total. The first-order valence-electron chi connectivity index (χ1n) is 6.03. The summed E-state index contributed by atoms with van der Waals surface area (Å²) in [6.07, 6.45) is 0. The number of fused-ring (bicyclic) bond motifs is 1. The lowest BCUT2D eigenvalue weighted by molar-refractivity contribution is 0.289. The minimum absolute atomic E-state index is 0.102. The van der Waals surface area contributed by atoms with E-state index in [1.165, 1.54) is 0 Å². The molecule has 0 amide bonds. The van der Waals surface area contributed by atoms with Gasteiger partial charge >= 0.3 is 0 Å². The van der Waals surface area contributed by atoms with Gasteiger partial charge in [0.2, 0.25) is 0 Å². The van der Waals surface area contributed by atoms with Crippen LogP contribution in [0.25, 0.3) is 11.4 Å². The first-order valence-corrected chi connectivity index (χ1v) is 6.03. The van der Waals surface area contributed by atoms with Crippen LogP contribution in [0, 0.1) is 0 Å². The van der Waals surface area contributed by atoms with Crippen molar-refractivity contribution >= 4 is 0 Å². The Morgan fingerprint density at radius 2 is 2.06 bits per heavy atom. The van der Waals surface area contributed by atoms with Crippen LogP contribution in [0.15, 0.2) is 24.3 Å². The van der Waals surface area contributed by atoms with Crippen molar-refractivity contribution in [3.8, 4) is 17.1 Å². The van der Waals surface area contributed by atoms with Gasteiger partial charge < -0.3 is 15.0 Å². The number of rotatable bonds is 1. The molecule has 94 valence electrons. The molecule has 1 aliphatic heterocycles. The van der Waals surface area contributed by atoms with E-state index < -0.39 is 0 Å². The van der Waals surface area contributed by atoms with E-state index in [0.29, 0.717) is 6.54 Å². The number of aromatic hydroxyl groups is 1. The number of hydrogen-bond donors (Lipinski definition) is 2. The molecule has 2 N–H and O–H groups in total. The molecule has 0 saturated carbocycles. The number of phenols is 1. The van der Waals surface area contributed by atoms with Gasteiger partial charge in [-0.3, -0.25) is 0 Å². The Hall–Kier alpha value is -1.88. The number of nitrogens with one attached hydrogen (secondary N) is 1. The summed E-state index contributed by atoms with van der Waals surface area (Å²) in [5.74, 6) is 1.88. The van der Waals surface area contributed by atoms with E-state index in [1.807, 2.05) is 12.1 Å². The van der Waals surface area contributed by atoms with E-state index in [2.05, 4.69) is 33.9 Å². The Kier molecular flexibility index (Phi) is 2.38. The summed E-state index contributed by atoms with van der Waals surface area (Å²) in [5, 5.41) is 21.7. The maximum atomic E-state index is 9.96. The molecule has 1 aromatic carbocycles. The predicted molar refractivity (Wildman–Crippen MR) is 68.2 cm³/mol. The molecule has 5 heteroatoms. The normalized spacial score (nSPS) is 17.4. The summed E-state index contributed by atoms with van der Waals surface area (Å²) in [4.78, 5) is 0. The molecular formula is C13H16N4O. The van der Waals surface area contributed by atoms with Crippen LogP contribution in [-0.4, -0.2) is 26.4 Å². The topological polar surface area (TPSA) is 63.0 Å². The molecule has 0 radical (unpaired) electrons. The zero-order valence-corrected chi connectivity index (χ0v) is 10.5. The van der Waals surface area contributed by atoms with E-state index in [1.54, 1.807) is 12.1 Å². The Balaban J connectivity index is 2.21. The predicted octanol–water partition coefficient (Wildman–Crippen LogP) is 1.49. The second kappa shape index (κ2) is 3.81. The Labute approximate surface area is 105 Å². The van der Waals surface area contributed by atoms with Crippen molar-refractivity contribution in [1.82, 2.24) is 20.1 Å². The molecule has 0 unspecified atom stereocenters. The lowest BCUT2D eigenvalue weighted by atomic mass is 10.0. The van der Waals surface area contributed by atoms with Crippen LogP contribution in [0.1, 0.15) is 19.7 Å². The van der Waals surface area contributed by atoms with Crippen molar-refractivity contribution in [3.63, 3.8) is 0 Å². The highest BCUT2D eigenvalue weighted by molar-refractivity contribution is 5.64. The summed E-state index contributed by atoms with van der Waals surface area (Å²) in [6, 6.07) is 7.24. The number of benzene rings is 1. The van der Waals surface area contributed by atoms with E-state index in [9.17, 15) is 5.11 Å². The lowest BCUT2D eigenvalue weighted by Gasteiger charge is -2.33. The monoisotopic (exact) mass is 244 g/mol. The van der Waals surface area contributed by atoms with Crippen LogP contribution in [-0.2, 0) is 12.1 Å². The van der Waals surface area contributed by atoms with Gasteiger partial charge in [-0.25, -0.2) is 0 Å². The van der Waals surface area contributed by atoms with Crippen LogP contribution in [0.2, 0.25) is 0 Å². The van der Waals surface area contributed by atoms with Gasteiger partial charge in [-0.2, -0.15) is 0 Å². The quantitative estimate of drug-likeness (QED) is 0.797. The van der Waals surface area contributed by atoms with Gasteiger partial charge in [-0.05, 0) is 26.0 Å². The molecule has 0 atom stereocenters. The molecule has 18 heavy (non-hydrogen) atoms. The molecule has 0 spiro atoms. The fourth-order valence-electron chi connectivity index (χ4n) is 2.46. The van der Waals surface area contributed by atoms with Crippen molar-refractivity contribution in [2.45, 2.75) is 25.9 Å². The summed E-state index contributed by atoms with van der Waals surface area (Å²) >= 11 is 0. The molecular weight excluding hydrogens is 228 g/mol. The third kappa shape index (κ3) is 1.59. The van der Waals surface area contributed by atoms with Gasteiger partial charge in [-0.15, -0.1) is 10.2 Å². The fraction of sp³-hybridized carbons (Fsp3) is 0.385. The largest absolute Gasteiger partial charge is 0.507 e. The molecule has 2 aromatic rings. The van der Waals surface area contributed by atoms with E-state index in [4.69, 9.17) is 0 Å². The summed E-state index contributed by atoms with van der Waals surface area (Å²) in [7, 11) is 0. The molecule has 1 aromatic heterocycles. The number of aromatic nitrogens is 3. The molecule has 0 saturated heterocycles. The Bertz CT molecular complexity index is 588. The van der Waals surface area contributed by atoms with Gasteiger partial charge in [0.05, 0.1) is 17.6 Å². The van der Waals surface area contributed by atoms with Gasteiger partial charge in [-0.1, -0.05) is 12.1 Å². The average Bonchev–Trinajstić information content (AvgIpc) is 2.74. The van der Waals surface area contributed by atoms with Crippen molar-refractivity contribution in [1.29, 1.82) is 0 Å². The standard InChI is InChI=1S/C13H16N4O/c1-13(2)8-14-7-11-15-16-12(17(11)13)9-5-3-4-6-10(9)18/h3-6,14,18H,7-8H2,1-2H3. The molecule has 1 aliphatic rings. The molecule has 0 bridgehead atoms. The van der Waals surface area contributed by atoms with Crippen LogP contribution in [0.3, 0.4) is 0 Å². The first kappa shape index (κ1) is 11.2. The fourth-order valence-corrected chi connectivity index (χ4v) is 2.46. The van der Waals surface area contributed by atoms with Crippen LogP contribution >= 0.6 is 0 Å². The van der Waals surface area contributed by atoms with Crippen LogP contribution in [0.4, 0.5) is 0 Å². The third-order valence-corrected chi connectivity index (χ3v) is 3.32. The first-order chi connectivity index (χ1) is 8.59. The minimum Gasteiger partial charge on any atom is -0.507 e. The molecule has 3 rings (SSSR count). The highest BCUT2D eigenvalue weighted by Crippen LogP contribution is 2.32. The van der Waals surface area contributed by atoms with Crippen molar-refractivity contribution in [2.24, 2.45) is 0 Å². The van der Waals surface area contributed by atoms with E-state index in [-0.39, 0.29) is 11.3 Å². The lowest BCUT2D eigenvalue weighted by Crippen LogP contribution is -2.44. The SMILES string of the molecule is CC1(C)CNCc2nnc(-c3ccccc3O)n21. The second-order valence-electron chi connectivity index (χ2n) is 5.21.